The van der Waals surface area contributed by atoms with Crippen LogP contribution < -0.4 is 10.2 Å². The van der Waals surface area contributed by atoms with Crippen LogP contribution in [0, 0.1) is 0 Å². The maximum atomic E-state index is 12.7. The molecule has 3 rings (SSSR count). The number of likely N-dealkylation sites (N-methyl/N-ethyl adjacent to an activating group) is 1. The minimum Gasteiger partial charge on any atom is -0.383 e. The molecule has 1 heterocycles. The van der Waals surface area contributed by atoms with Crippen LogP contribution in [0.25, 0.3) is 0 Å². The van der Waals surface area contributed by atoms with Crippen LogP contribution in [0.3, 0.4) is 0 Å². The standard InChI is InChI=1S/C23H29N3O4/c1-24-21(16-26-22(27)19-6-4-5-7-20(19)23(26)28)17-8-10-18(11-9-17)25(12-14-29-2)13-15-30-3/h4-11,21,24H,12-16H2,1-3H3/t21-/m1/s1. The lowest BCUT2D eigenvalue weighted by molar-refractivity contribution is 0.0639. The van der Waals surface area contributed by atoms with Crippen LogP contribution in [0.1, 0.15) is 32.3 Å². The van der Waals surface area contributed by atoms with E-state index in [1.807, 2.05) is 31.3 Å². The maximum absolute atomic E-state index is 12.7. The second kappa shape index (κ2) is 10.3. The topological polar surface area (TPSA) is 71.1 Å². The fourth-order valence-electron chi connectivity index (χ4n) is 3.64. The summed E-state index contributed by atoms with van der Waals surface area (Å²) in [6.07, 6.45) is 0. The van der Waals surface area contributed by atoms with Crippen LogP contribution in [-0.2, 0) is 9.47 Å². The highest BCUT2D eigenvalue weighted by molar-refractivity contribution is 6.21. The molecule has 0 saturated heterocycles. The van der Waals surface area contributed by atoms with Crippen molar-refractivity contribution in [2.45, 2.75) is 6.04 Å². The van der Waals surface area contributed by atoms with E-state index in [2.05, 4.69) is 10.2 Å². The molecule has 0 fully saturated rings. The molecule has 1 N–H and O–H groups in total. The maximum Gasteiger partial charge on any atom is 0.261 e. The van der Waals surface area contributed by atoms with E-state index in [1.165, 1.54) is 4.90 Å². The smallest absolute Gasteiger partial charge is 0.261 e. The number of hydrogen-bond donors (Lipinski definition) is 1. The average molecular weight is 412 g/mol. The first-order valence-electron chi connectivity index (χ1n) is 10.1. The van der Waals surface area contributed by atoms with E-state index in [0.29, 0.717) is 24.3 Å². The number of benzene rings is 2. The molecule has 2 amide bonds. The van der Waals surface area contributed by atoms with E-state index in [1.54, 1.807) is 38.5 Å². The summed E-state index contributed by atoms with van der Waals surface area (Å²) in [4.78, 5) is 28.9. The minimum absolute atomic E-state index is 0.160. The van der Waals surface area contributed by atoms with E-state index in [0.717, 1.165) is 24.3 Å². The number of nitrogens with one attached hydrogen (secondary N) is 1. The van der Waals surface area contributed by atoms with Crippen molar-refractivity contribution in [2.24, 2.45) is 0 Å². The van der Waals surface area contributed by atoms with Gasteiger partial charge in [0.15, 0.2) is 0 Å². The van der Waals surface area contributed by atoms with Gasteiger partial charge in [-0.3, -0.25) is 14.5 Å². The summed E-state index contributed by atoms with van der Waals surface area (Å²) in [5.74, 6) is -0.476. The lowest BCUT2D eigenvalue weighted by Crippen LogP contribution is -2.37. The highest BCUT2D eigenvalue weighted by atomic mass is 16.5. The Balaban J connectivity index is 1.73. The number of nitrogens with zero attached hydrogens (tertiary/aromatic N) is 2. The van der Waals surface area contributed by atoms with Gasteiger partial charge in [-0.15, -0.1) is 0 Å². The predicted octanol–water partition coefficient (Wildman–Crippen LogP) is 2.34. The lowest BCUT2D eigenvalue weighted by atomic mass is 10.1. The Labute approximate surface area is 177 Å². The zero-order valence-electron chi connectivity index (χ0n) is 17.8. The SMILES string of the molecule is CN[C@H](CN1C(=O)c2ccccc2C1=O)c1ccc(N(CCOC)CCOC)cc1. The van der Waals surface area contributed by atoms with Crippen LogP contribution >= 0.6 is 0 Å². The minimum atomic E-state index is -0.238. The van der Waals surface area contributed by atoms with Crippen molar-refractivity contribution in [1.29, 1.82) is 0 Å². The van der Waals surface area contributed by atoms with Crippen LogP contribution in [0.2, 0.25) is 0 Å². The van der Waals surface area contributed by atoms with Gasteiger partial charge in [0, 0.05) is 39.5 Å². The molecule has 0 unspecified atom stereocenters. The summed E-state index contributed by atoms with van der Waals surface area (Å²) >= 11 is 0. The highest BCUT2D eigenvalue weighted by Gasteiger charge is 2.36. The molecule has 1 aliphatic rings. The van der Waals surface area contributed by atoms with Crippen molar-refractivity contribution >= 4 is 17.5 Å². The van der Waals surface area contributed by atoms with Gasteiger partial charge in [-0.05, 0) is 36.9 Å². The quantitative estimate of drug-likeness (QED) is 0.573. The summed E-state index contributed by atoms with van der Waals surface area (Å²) < 4.78 is 10.4. The molecule has 0 saturated carbocycles. The van der Waals surface area contributed by atoms with Crippen molar-refractivity contribution in [3.63, 3.8) is 0 Å². The molecule has 0 bridgehead atoms. The predicted molar refractivity (Wildman–Crippen MR) is 116 cm³/mol. The van der Waals surface area contributed by atoms with Gasteiger partial charge in [0.25, 0.3) is 11.8 Å². The summed E-state index contributed by atoms with van der Waals surface area (Å²) in [7, 11) is 5.21. The van der Waals surface area contributed by atoms with Gasteiger partial charge in [-0.2, -0.15) is 0 Å². The summed E-state index contributed by atoms with van der Waals surface area (Å²) in [6.45, 7) is 3.07. The van der Waals surface area contributed by atoms with Crippen LogP contribution in [-0.4, -0.2) is 70.8 Å². The Bertz CT molecular complexity index is 826. The second-order valence-electron chi connectivity index (χ2n) is 7.17. The van der Waals surface area contributed by atoms with Gasteiger partial charge in [-0.1, -0.05) is 24.3 Å². The van der Waals surface area contributed by atoms with Gasteiger partial charge in [0.1, 0.15) is 0 Å². The van der Waals surface area contributed by atoms with Crippen LogP contribution in [0.4, 0.5) is 5.69 Å². The van der Waals surface area contributed by atoms with Crippen molar-refractivity contribution in [3.05, 3.63) is 65.2 Å². The van der Waals surface area contributed by atoms with E-state index in [4.69, 9.17) is 9.47 Å². The molecular weight excluding hydrogens is 382 g/mol. The molecule has 0 aliphatic carbocycles. The first-order valence-corrected chi connectivity index (χ1v) is 10.1. The Kier molecular flexibility index (Phi) is 7.57. The molecule has 1 atom stereocenters. The van der Waals surface area contributed by atoms with E-state index in [-0.39, 0.29) is 24.4 Å². The Morgan fingerprint density at radius 3 is 1.90 bits per heavy atom. The van der Waals surface area contributed by atoms with E-state index in [9.17, 15) is 9.59 Å². The largest absolute Gasteiger partial charge is 0.383 e. The molecule has 7 nitrogen and oxygen atoms in total. The Hall–Kier alpha value is -2.74. The number of imide groups is 1. The number of rotatable bonds is 11. The molecular formula is C23H29N3O4. The van der Waals surface area contributed by atoms with Crippen molar-refractivity contribution < 1.29 is 19.1 Å². The summed E-state index contributed by atoms with van der Waals surface area (Å²) in [6, 6.07) is 15.0. The molecule has 30 heavy (non-hydrogen) atoms. The second-order valence-corrected chi connectivity index (χ2v) is 7.17. The van der Waals surface area contributed by atoms with E-state index < -0.39 is 0 Å². The lowest BCUT2D eigenvalue weighted by Gasteiger charge is -2.26. The molecule has 1 aliphatic heterocycles. The van der Waals surface area contributed by atoms with Gasteiger partial charge >= 0.3 is 0 Å². The number of carbonyl (C=O) groups is 2. The number of ether oxygens (including phenoxy) is 2. The third-order valence-electron chi connectivity index (χ3n) is 5.38. The first kappa shape index (κ1) is 22.0. The van der Waals surface area contributed by atoms with Crippen LogP contribution in [0.5, 0.6) is 0 Å². The summed E-state index contributed by atoms with van der Waals surface area (Å²) in [5, 5.41) is 3.23. The highest BCUT2D eigenvalue weighted by Crippen LogP contribution is 2.26. The molecule has 160 valence electrons. The number of hydrogen-bond acceptors (Lipinski definition) is 6. The zero-order valence-corrected chi connectivity index (χ0v) is 17.8. The number of amides is 2. The fraction of sp³-hybridized carbons (Fsp3) is 0.391. The van der Waals surface area contributed by atoms with E-state index >= 15 is 0 Å². The monoisotopic (exact) mass is 411 g/mol. The molecule has 2 aromatic carbocycles. The molecule has 0 spiro atoms. The van der Waals surface area contributed by atoms with Crippen LogP contribution in [0.15, 0.2) is 48.5 Å². The number of carbonyl (C=O) groups excluding carboxylic acids is 2. The number of methoxy groups -OCH3 is 2. The van der Waals surface area contributed by atoms with Crippen molar-refractivity contribution in [1.82, 2.24) is 10.2 Å². The normalized spacial score (nSPS) is 14.2. The number of anilines is 1. The first-order chi connectivity index (χ1) is 14.6. The average Bonchev–Trinajstić information content (AvgIpc) is 3.02. The molecule has 7 heteroatoms. The van der Waals surface area contributed by atoms with Crippen molar-refractivity contribution in [2.75, 3.05) is 59.0 Å². The Morgan fingerprint density at radius 2 is 1.43 bits per heavy atom. The third-order valence-corrected chi connectivity index (χ3v) is 5.38. The van der Waals surface area contributed by atoms with Gasteiger partial charge in [-0.25, -0.2) is 0 Å². The van der Waals surface area contributed by atoms with Gasteiger partial charge < -0.3 is 19.7 Å². The van der Waals surface area contributed by atoms with Gasteiger partial charge in [0.05, 0.1) is 30.4 Å². The molecule has 0 radical (unpaired) electrons. The summed E-state index contributed by atoms with van der Waals surface area (Å²) in [5.41, 5.74) is 3.03. The fourth-order valence-corrected chi connectivity index (χ4v) is 3.64. The Morgan fingerprint density at radius 1 is 0.900 bits per heavy atom. The van der Waals surface area contributed by atoms with Crippen molar-refractivity contribution in [3.8, 4) is 0 Å². The van der Waals surface area contributed by atoms with Gasteiger partial charge in [0.2, 0.25) is 0 Å². The zero-order chi connectivity index (χ0) is 21.5. The molecule has 2 aromatic rings. The molecule has 0 aromatic heterocycles. The third kappa shape index (κ3) is 4.70. The number of fused-ring (bicyclic) bond motifs is 1.